The predicted octanol–water partition coefficient (Wildman–Crippen LogP) is 3.67. The largest absolute Gasteiger partial charge is 0.490 e. The molecule has 0 saturated carbocycles. The molecule has 1 fully saturated rings. The Morgan fingerprint density at radius 2 is 1.77 bits per heavy atom. The molecule has 0 aromatic heterocycles. The van der Waals surface area contributed by atoms with E-state index < -0.39 is 0 Å². The quantitative estimate of drug-likeness (QED) is 0.901. The van der Waals surface area contributed by atoms with Crippen molar-refractivity contribution in [1.29, 1.82) is 0 Å². The van der Waals surface area contributed by atoms with Gasteiger partial charge in [-0.1, -0.05) is 18.0 Å². The SMILES string of the molecule is CC1Cc2c(CC3CCCCN3)c3c(c(Cl)c2O1)CC(C)O3. The van der Waals surface area contributed by atoms with Crippen LogP contribution in [0.15, 0.2) is 0 Å². The van der Waals surface area contributed by atoms with Crippen LogP contribution in [0.25, 0.3) is 0 Å². The van der Waals surface area contributed by atoms with Crippen molar-refractivity contribution in [2.45, 2.75) is 70.6 Å². The summed E-state index contributed by atoms with van der Waals surface area (Å²) in [6.45, 7) is 5.37. The van der Waals surface area contributed by atoms with E-state index in [1.807, 2.05) is 0 Å². The number of piperidine rings is 1. The zero-order valence-electron chi connectivity index (χ0n) is 13.4. The normalized spacial score (nSPS) is 29.7. The Morgan fingerprint density at radius 3 is 2.50 bits per heavy atom. The second-order valence-electron chi connectivity index (χ2n) is 7.02. The predicted molar refractivity (Wildman–Crippen MR) is 88.4 cm³/mol. The number of rotatable bonds is 2. The molecule has 22 heavy (non-hydrogen) atoms. The second-order valence-corrected chi connectivity index (χ2v) is 7.40. The standard InChI is InChI=1S/C18H24ClNO2/c1-10-7-13-14(9-12-5-3-4-6-20-12)17-15(8-11(2)21-17)16(19)18(13)22-10/h10-12,20H,3-9H2,1-2H3. The van der Waals surface area contributed by atoms with Crippen molar-refractivity contribution >= 4 is 11.6 Å². The minimum absolute atomic E-state index is 0.213. The maximum atomic E-state index is 6.62. The smallest absolute Gasteiger partial charge is 0.142 e. The second kappa shape index (κ2) is 5.61. The highest BCUT2D eigenvalue weighted by molar-refractivity contribution is 6.33. The third-order valence-corrected chi connectivity index (χ3v) is 5.53. The fourth-order valence-corrected chi connectivity index (χ4v) is 4.43. The molecule has 0 spiro atoms. The van der Waals surface area contributed by atoms with Gasteiger partial charge in [0.25, 0.3) is 0 Å². The summed E-state index contributed by atoms with van der Waals surface area (Å²) >= 11 is 6.62. The molecule has 1 aromatic rings. The number of fused-ring (bicyclic) bond motifs is 2. The minimum Gasteiger partial charge on any atom is -0.490 e. The molecule has 3 atom stereocenters. The van der Waals surface area contributed by atoms with Crippen LogP contribution < -0.4 is 14.8 Å². The first-order valence-corrected chi connectivity index (χ1v) is 8.94. The highest BCUT2D eigenvalue weighted by Gasteiger charge is 2.35. The lowest BCUT2D eigenvalue weighted by Gasteiger charge is -2.25. The Labute approximate surface area is 137 Å². The molecule has 3 heterocycles. The van der Waals surface area contributed by atoms with E-state index in [0.717, 1.165) is 47.9 Å². The van der Waals surface area contributed by atoms with E-state index in [9.17, 15) is 0 Å². The Hall–Kier alpha value is -0.930. The molecule has 1 aromatic carbocycles. The van der Waals surface area contributed by atoms with Gasteiger partial charge in [-0.25, -0.2) is 0 Å². The van der Waals surface area contributed by atoms with Gasteiger partial charge in [-0.05, 0) is 39.7 Å². The molecule has 4 rings (SSSR count). The van der Waals surface area contributed by atoms with E-state index in [4.69, 9.17) is 21.1 Å². The zero-order valence-corrected chi connectivity index (χ0v) is 14.1. The maximum Gasteiger partial charge on any atom is 0.142 e. The van der Waals surface area contributed by atoms with E-state index in [1.54, 1.807) is 0 Å². The van der Waals surface area contributed by atoms with Gasteiger partial charge < -0.3 is 14.8 Å². The summed E-state index contributed by atoms with van der Waals surface area (Å²) < 4.78 is 12.2. The van der Waals surface area contributed by atoms with Crippen molar-refractivity contribution in [1.82, 2.24) is 5.32 Å². The van der Waals surface area contributed by atoms with Crippen molar-refractivity contribution in [2.24, 2.45) is 0 Å². The molecule has 3 aliphatic rings. The van der Waals surface area contributed by atoms with Crippen molar-refractivity contribution in [3.63, 3.8) is 0 Å². The van der Waals surface area contributed by atoms with Crippen molar-refractivity contribution in [3.05, 3.63) is 21.7 Å². The molecule has 3 aliphatic heterocycles. The van der Waals surface area contributed by atoms with Crippen LogP contribution in [0, 0.1) is 0 Å². The Balaban J connectivity index is 1.76. The molecular weight excluding hydrogens is 298 g/mol. The lowest BCUT2D eigenvalue weighted by atomic mass is 9.90. The van der Waals surface area contributed by atoms with Gasteiger partial charge in [0, 0.05) is 35.6 Å². The molecule has 1 N–H and O–H groups in total. The Kier molecular flexibility index (Phi) is 3.74. The number of hydrogen-bond acceptors (Lipinski definition) is 3. The fraction of sp³-hybridized carbons (Fsp3) is 0.667. The molecule has 4 heteroatoms. The maximum absolute atomic E-state index is 6.62. The van der Waals surface area contributed by atoms with Crippen LogP contribution in [0.4, 0.5) is 0 Å². The van der Waals surface area contributed by atoms with Gasteiger partial charge >= 0.3 is 0 Å². The highest BCUT2D eigenvalue weighted by atomic mass is 35.5. The lowest BCUT2D eigenvalue weighted by molar-refractivity contribution is 0.250. The average Bonchev–Trinajstić information content (AvgIpc) is 3.08. The van der Waals surface area contributed by atoms with Crippen molar-refractivity contribution in [2.75, 3.05) is 6.54 Å². The highest BCUT2D eigenvalue weighted by Crippen LogP contribution is 2.49. The van der Waals surface area contributed by atoms with E-state index in [1.165, 1.54) is 30.4 Å². The van der Waals surface area contributed by atoms with Crippen LogP contribution in [-0.4, -0.2) is 24.8 Å². The first-order valence-electron chi connectivity index (χ1n) is 8.56. The summed E-state index contributed by atoms with van der Waals surface area (Å²) in [4.78, 5) is 0. The summed E-state index contributed by atoms with van der Waals surface area (Å²) in [5.41, 5.74) is 3.80. The van der Waals surface area contributed by atoms with Gasteiger partial charge in [-0.3, -0.25) is 0 Å². The van der Waals surface area contributed by atoms with Gasteiger partial charge in [0.05, 0.1) is 5.02 Å². The van der Waals surface area contributed by atoms with E-state index >= 15 is 0 Å². The van der Waals surface area contributed by atoms with Gasteiger partial charge in [-0.15, -0.1) is 0 Å². The summed E-state index contributed by atoms with van der Waals surface area (Å²) in [6, 6.07) is 0.554. The van der Waals surface area contributed by atoms with Crippen LogP contribution in [0.2, 0.25) is 5.02 Å². The van der Waals surface area contributed by atoms with Crippen LogP contribution in [-0.2, 0) is 19.3 Å². The molecule has 1 saturated heterocycles. The van der Waals surface area contributed by atoms with Crippen molar-refractivity contribution < 1.29 is 9.47 Å². The summed E-state index contributed by atoms with van der Waals surface area (Å²) in [6.07, 6.45) is 7.16. The van der Waals surface area contributed by atoms with Crippen LogP contribution in [0.1, 0.15) is 49.8 Å². The van der Waals surface area contributed by atoms with Gasteiger partial charge in [0.1, 0.15) is 23.7 Å². The third kappa shape index (κ3) is 2.39. The number of ether oxygens (including phenoxy) is 2. The topological polar surface area (TPSA) is 30.5 Å². The number of nitrogens with one attached hydrogen (secondary N) is 1. The van der Waals surface area contributed by atoms with E-state index in [0.29, 0.717) is 6.04 Å². The average molecular weight is 322 g/mol. The lowest BCUT2D eigenvalue weighted by Crippen LogP contribution is -2.35. The summed E-state index contributed by atoms with van der Waals surface area (Å²) in [5, 5.41) is 4.45. The molecule has 120 valence electrons. The Morgan fingerprint density at radius 1 is 1.05 bits per heavy atom. The Bertz CT molecular complexity index is 556. The third-order valence-electron chi connectivity index (χ3n) is 5.13. The van der Waals surface area contributed by atoms with Crippen LogP contribution in [0.3, 0.4) is 0 Å². The number of halogens is 1. The molecule has 0 aliphatic carbocycles. The minimum atomic E-state index is 0.213. The van der Waals surface area contributed by atoms with Gasteiger partial charge in [0.15, 0.2) is 0 Å². The molecule has 3 unspecified atom stereocenters. The van der Waals surface area contributed by atoms with Crippen LogP contribution >= 0.6 is 11.6 Å². The molecule has 3 nitrogen and oxygen atoms in total. The first-order chi connectivity index (χ1) is 10.6. The number of hydrogen-bond donors (Lipinski definition) is 1. The monoisotopic (exact) mass is 321 g/mol. The fourth-order valence-electron chi connectivity index (χ4n) is 4.11. The molecule has 0 amide bonds. The number of benzene rings is 1. The van der Waals surface area contributed by atoms with Crippen LogP contribution in [0.5, 0.6) is 11.5 Å². The molecule has 0 bridgehead atoms. The van der Waals surface area contributed by atoms with Crippen molar-refractivity contribution in [3.8, 4) is 11.5 Å². The van der Waals surface area contributed by atoms with E-state index in [-0.39, 0.29) is 12.2 Å². The summed E-state index contributed by atoms with van der Waals surface area (Å²) in [5.74, 6) is 1.98. The summed E-state index contributed by atoms with van der Waals surface area (Å²) in [7, 11) is 0. The van der Waals surface area contributed by atoms with Gasteiger partial charge in [-0.2, -0.15) is 0 Å². The van der Waals surface area contributed by atoms with E-state index in [2.05, 4.69) is 19.2 Å². The first kappa shape index (κ1) is 14.6. The van der Waals surface area contributed by atoms with Gasteiger partial charge in [0.2, 0.25) is 0 Å². The molecule has 0 radical (unpaired) electrons. The zero-order chi connectivity index (χ0) is 15.3. The molecular formula is C18H24ClNO2.